The normalized spacial score (nSPS) is 13.3. The Bertz CT molecular complexity index is 2440. The smallest absolute Gasteiger partial charge is 0.259 e. The summed E-state index contributed by atoms with van der Waals surface area (Å²) >= 11 is 0. The Morgan fingerprint density at radius 2 is 1.65 bits per heavy atom. The first kappa shape index (κ1) is 37.2. The van der Waals surface area contributed by atoms with Gasteiger partial charge in [0.1, 0.15) is 45.2 Å². The first-order chi connectivity index (χ1) is 26.6. The van der Waals surface area contributed by atoms with Gasteiger partial charge in [-0.15, -0.1) is 0 Å². The molecule has 13 nitrogen and oxygen atoms in total. The summed E-state index contributed by atoms with van der Waals surface area (Å²) in [7, 11) is 0.603. The first-order valence-electron chi connectivity index (χ1n) is 17.4. The number of fused-ring (bicyclic) bond motifs is 1. The number of rotatable bonds is 12. The van der Waals surface area contributed by atoms with Crippen molar-refractivity contribution in [3.8, 4) is 34.1 Å². The van der Waals surface area contributed by atoms with E-state index in [-0.39, 0.29) is 17.1 Å². The van der Waals surface area contributed by atoms with E-state index in [9.17, 15) is 22.0 Å². The molecule has 3 aromatic heterocycles. The second-order valence-electron chi connectivity index (χ2n) is 12.8. The molecule has 1 amide bonds. The number of methoxy groups -OCH3 is 2. The highest BCUT2D eigenvalue weighted by Crippen LogP contribution is 2.37. The molecule has 0 spiro atoms. The van der Waals surface area contributed by atoms with E-state index < -0.39 is 33.9 Å². The number of para-hydroxylation sites is 1. The number of ether oxygens (including phenoxy) is 2. The van der Waals surface area contributed by atoms with Crippen LogP contribution in [0.4, 0.5) is 31.8 Å². The monoisotopic (exact) mass is 768 g/mol. The Kier molecular flexibility index (Phi) is 10.9. The fourth-order valence-electron chi connectivity index (χ4n) is 6.66. The van der Waals surface area contributed by atoms with Crippen molar-refractivity contribution in [3.05, 3.63) is 108 Å². The number of carbonyl (C=O) groups is 1. The molecule has 4 heterocycles. The van der Waals surface area contributed by atoms with Crippen LogP contribution in [-0.2, 0) is 10.7 Å². The number of carbonyl (C=O) groups excluding carboxylic acids is 1. The topological polar surface area (TPSA) is 143 Å². The number of aromatic nitrogens is 4. The van der Waals surface area contributed by atoms with Gasteiger partial charge in [-0.2, -0.15) is 0 Å². The Hall–Kier alpha value is -6.13. The molecule has 284 valence electrons. The molecular formula is C39H38F2N8O5S. The van der Waals surface area contributed by atoms with E-state index >= 15 is 0 Å². The fourth-order valence-corrected chi connectivity index (χ4v) is 7.11. The van der Waals surface area contributed by atoms with Gasteiger partial charge >= 0.3 is 0 Å². The highest BCUT2D eigenvalue weighted by Gasteiger charge is 2.24. The summed E-state index contributed by atoms with van der Waals surface area (Å²) in [5.41, 5.74) is 4.94. The Labute approximate surface area is 317 Å². The number of hydrogen-bond acceptors (Lipinski definition) is 11. The lowest BCUT2D eigenvalue weighted by Gasteiger charge is -2.36. The average molecular weight is 769 g/mol. The van der Waals surface area contributed by atoms with Crippen molar-refractivity contribution in [2.45, 2.75) is 6.92 Å². The number of piperazine rings is 1. The number of imidazole rings is 1. The summed E-state index contributed by atoms with van der Waals surface area (Å²) in [5.74, 6) is -1.34. The van der Waals surface area contributed by atoms with Crippen LogP contribution in [0, 0.1) is 18.6 Å². The maximum atomic E-state index is 14.5. The highest BCUT2D eigenvalue weighted by atomic mass is 32.2. The summed E-state index contributed by atoms with van der Waals surface area (Å²) < 4.78 is 64.2. The maximum absolute atomic E-state index is 14.5. The van der Waals surface area contributed by atoms with Crippen molar-refractivity contribution < 1.29 is 31.5 Å². The lowest BCUT2D eigenvalue weighted by molar-refractivity contribution is 0.102. The zero-order valence-electron chi connectivity index (χ0n) is 30.3. The minimum Gasteiger partial charge on any atom is -0.496 e. The zero-order chi connectivity index (χ0) is 38.6. The van der Waals surface area contributed by atoms with Gasteiger partial charge in [0.25, 0.3) is 5.91 Å². The molecule has 0 bridgehead atoms. The number of nitrogens with zero attached hydrogens (tertiary/aromatic N) is 6. The molecule has 2 N–H and O–H groups in total. The minimum absolute atomic E-state index is 0.0424. The van der Waals surface area contributed by atoms with Crippen molar-refractivity contribution in [1.29, 1.82) is 0 Å². The third-order valence-electron chi connectivity index (χ3n) is 9.42. The molecule has 0 saturated carbocycles. The summed E-state index contributed by atoms with van der Waals surface area (Å²) in [6, 6.07) is 19.5. The largest absolute Gasteiger partial charge is 0.496 e. The van der Waals surface area contributed by atoms with Gasteiger partial charge in [0.2, 0.25) is 5.95 Å². The highest BCUT2D eigenvalue weighted by molar-refractivity contribution is 7.72. The van der Waals surface area contributed by atoms with E-state index in [1.807, 2.05) is 47.9 Å². The molecule has 0 atom stereocenters. The van der Waals surface area contributed by atoms with Crippen molar-refractivity contribution in [2.75, 3.05) is 68.2 Å². The molecule has 3 aromatic carbocycles. The standard InChI is InChI=1S/C39H38F2N8O5S/c1-24-21-30(33(54-3)23-31(24)48-17-15-47(16-18-48)19-20-55(51)52)44-39-42-13-12-29(43-39)37-35(45-34-9-4-5-14-49(34)37)25-10-11-32(53-2)26(22-25)38(50)46-36-27(40)7-6-8-28(36)41/h4-14,21-23,55H,15-20H2,1-3H3,(H,46,50)(H,42,43,44). The minimum atomic E-state index is -2.40. The molecule has 6 aromatic rings. The average Bonchev–Trinajstić information content (AvgIpc) is 3.58. The van der Waals surface area contributed by atoms with E-state index in [0.717, 1.165) is 49.6 Å². The molecule has 1 saturated heterocycles. The van der Waals surface area contributed by atoms with Crippen LogP contribution in [0.1, 0.15) is 15.9 Å². The molecule has 1 aliphatic rings. The number of thiol groups is 1. The van der Waals surface area contributed by atoms with E-state index in [0.29, 0.717) is 52.2 Å². The number of aryl methyl sites for hydroxylation is 1. The second kappa shape index (κ2) is 16.1. The van der Waals surface area contributed by atoms with Crippen LogP contribution in [0.25, 0.3) is 28.3 Å². The predicted octanol–water partition coefficient (Wildman–Crippen LogP) is 5.79. The van der Waals surface area contributed by atoms with E-state index in [1.54, 1.807) is 37.6 Å². The van der Waals surface area contributed by atoms with Crippen LogP contribution in [0.5, 0.6) is 11.5 Å². The zero-order valence-corrected chi connectivity index (χ0v) is 31.1. The van der Waals surface area contributed by atoms with Gasteiger partial charge in [0.05, 0.1) is 48.3 Å². The van der Waals surface area contributed by atoms with Gasteiger partial charge in [-0.1, -0.05) is 12.1 Å². The third kappa shape index (κ3) is 7.91. The quantitative estimate of drug-likeness (QED) is 0.130. The van der Waals surface area contributed by atoms with Crippen LogP contribution < -0.4 is 25.0 Å². The molecule has 1 fully saturated rings. The molecule has 55 heavy (non-hydrogen) atoms. The van der Waals surface area contributed by atoms with E-state index in [4.69, 9.17) is 19.4 Å². The maximum Gasteiger partial charge on any atom is 0.259 e. The third-order valence-corrected chi connectivity index (χ3v) is 9.99. The van der Waals surface area contributed by atoms with Crippen molar-refractivity contribution >= 4 is 45.3 Å². The van der Waals surface area contributed by atoms with Crippen LogP contribution in [0.2, 0.25) is 0 Å². The Morgan fingerprint density at radius 1 is 0.891 bits per heavy atom. The summed E-state index contributed by atoms with van der Waals surface area (Å²) in [6.07, 6.45) is 3.48. The fraction of sp³-hybridized carbons (Fsp3) is 0.231. The Balaban J connectivity index is 1.20. The van der Waals surface area contributed by atoms with Gasteiger partial charge in [-0.25, -0.2) is 32.2 Å². The van der Waals surface area contributed by atoms with Crippen LogP contribution in [-0.4, -0.2) is 91.3 Å². The number of anilines is 4. The Morgan fingerprint density at radius 3 is 2.38 bits per heavy atom. The van der Waals surface area contributed by atoms with Gasteiger partial charge in [-0.05, 0) is 67.1 Å². The lowest BCUT2D eigenvalue weighted by atomic mass is 10.0. The van der Waals surface area contributed by atoms with Crippen LogP contribution >= 0.6 is 0 Å². The van der Waals surface area contributed by atoms with Gasteiger partial charge in [-0.3, -0.25) is 14.1 Å². The van der Waals surface area contributed by atoms with Crippen LogP contribution in [0.3, 0.4) is 0 Å². The van der Waals surface area contributed by atoms with Gasteiger partial charge in [0, 0.05) is 62.4 Å². The second-order valence-corrected chi connectivity index (χ2v) is 13.9. The molecular weight excluding hydrogens is 731 g/mol. The van der Waals surface area contributed by atoms with Gasteiger partial charge in [0.15, 0.2) is 0 Å². The number of pyridine rings is 1. The summed E-state index contributed by atoms with van der Waals surface area (Å²) in [4.78, 5) is 32.2. The van der Waals surface area contributed by atoms with E-state index in [1.165, 1.54) is 13.2 Å². The van der Waals surface area contributed by atoms with Crippen molar-refractivity contribution in [1.82, 2.24) is 24.3 Å². The van der Waals surface area contributed by atoms with Crippen molar-refractivity contribution in [2.24, 2.45) is 0 Å². The molecule has 0 radical (unpaired) electrons. The summed E-state index contributed by atoms with van der Waals surface area (Å²) in [5, 5.41) is 5.66. The first-order valence-corrected chi connectivity index (χ1v) is 18.8. The molecule has 0 aliphatic carbocycles. The number of amides is 1. The van der Waals surface area contributed by atoms with Gasteiger partial charge < -0.3 is 25.0 Å². The summed E-state index contributed by atoms with van der Waals surface area (Å²) in [6.45, 7) is 5.58. The molecule has 1 aliphatic heterocycles. The lowest BCUT2D eigenvalue weighted by Crippen LogP contribution is -2.47. The predicted molar refractivity (Wildman–Crippen MR) is 207 cm³/mol. The number of benzene rings is 3. The molecule has 7 rings (SSSR count). The molecule has 16 heteroatoms. The van der Waals surface area contributed by atoms with Crippen LogP contribution in [0.15, 0.2) is 85.2 Å². The number of hydrogen-bond donors (Lipinski definition) is 3. The molecule has 0 unspecified atom stereocenters. The van der Waals surface area contributed by atoms with E-state index in [2.05, 4.69) is 25.4 Å². The SMILES string of the molecule is COc1cc(N2CCN(CC[SH](=O)=O)CC2)c(C)cc1Nc1nccc(-c2c(-c3ccc(OC)c(C(=O)Nc4c(F)cccc4F)c3)nc3ccccn23)n1. The number of halogens is 2. The number of nitrogens with one attached hydrogen (secondary N) is 2. The van der Waals surface area contributed by atoms with Crippen molar-refractivity contribution in [3.63, 3.8) is 0 Å².